The Morgan fingerprint density at radius 3 is 2.34 bits per heavy atom. The van der Waals surface area contributed by atoms with Gasteiger partial charge in [-0.05, 0) is 31.2 Å². The van der Waals surface area contributed by atoms with E-state index in [9.17, 15) is 8.42 Å². The summed E-state index contributed by atoms with van der Waals surface area (Å²) in [5.41, 5.74) is 2.72. The molecule has 0 radical (unpaired) electrons. The highest BCUT2D eigenvalue weighted by Gasteiger charge is 2.29. The van der Waals surface area contributed by atoms with Gasteiger partial charge in [-0.15, -0.1) is 0 Å². The van der Waals surface area contributed by atoms with Gasteiger partial charge in [0.1, 0.15) is 5.82 Å². The van der Waals surface area contributed by atoms with Crippen molar-refractivity contribution in [3.05, 3.63) is 66.4 Å². The van der Waals surface area contributed by atoms with Gasteiger partial charge in [-0.3, -0.25) is 0 Å². The molecule has 0 aliphatic carbocycles. The minimum absolute atomic E-state index is 0.341. The molecule has 7 nitrogen and oxygen atoms in total. The van der Waals surface area contributed by atoms with E-state index in [0.29, 0.717) is 31.1 Å². The van der Waals surface area contributed by atoms with E-state index in [1.807, 2.05) is 47.8 Å². The number of benzene rings is 2. The average Bonchev–Trinajstić information content (AvgIpc) is 3.14. The monoisotopic (exact) mass is 407 g/mol. The quantitative estimate of drug-likeness (QED) is 0.522. The first-order chi connectivity index (χ1) is 14.0. The van der Waals surface area contributed by atoms with Crippen LogP contribution in [0.5, 0.6) is 0 Å². The van der Waals surface area contributed by atoms with Gasteiger partial charge in [0.05, 0.1) is 16.1 Å². The predicted molar refractivity (Wildman–Crippen MR) is 113 cm³/mol. The molecule has 0 N–H and O–H groups in total. The van der Waals surface area contributed by atoms with Crippen molar-refractivity contribution >= 4 is 32.4 Å². The van der Waals surface area contributed by atoms with Crippen molar-refractivity contribution in [2.24, 2.45) is 0 Å². The van der Waals surface area contributed by atoms with Crippen LogP contribution in [-0.2, 0) is 10.0 Å². The number of aryl methyl sites for hydroxylation is 1. The number of nitrogens with zero attached hydrogens (tertiary/aromatic N) is 5. The zero-order valence-electron chi connectivity index (χ0n) is 16.1. The van der Waals surface area contributed by atoms with Crippen molar-refractivity contribution < 1.29 is 8.42 Å². The van der Waals surface area contributed by atoms with Crippen LogP contribution in [0.1, 0.15) is 5.69 Å². The normalized spacial score (nSPS) is 16.0. The molecule has 1 saturated heterocycles. The highest BCUT2D eigenvalue weighted by atomic mass is 32.2. The fourth-order valence-corrected chi connectivity index (χ4v) is 5.32. The Labute approximate surface area is 169 Å². The third-order valence-electron chi connectivity index (χ3n) is 5.33. The molecule has 4 aromatic rings. The first-order valence-electron chi connectivity index (χ1n) is 9.59. The second kappa shape index (κ2) is 6.82. The Hall–Kier alpha value is -2.97. The largest absolute Gasteiger partial charge is 0.353 e. The number of hydrogen-bond donors (Lipinski definition) is 0. The lowest BCUT2D eigenvalue weighted by Crippen LogP contribution is -2.49. The lowest BCUT2D eigenvalue weighted by atomic mass is 10.2. The summed E-state index contributed by atoms with van der Waals surface area (Å²) in [6.07, 6.45) is 0. The Bertz CT molecular complexity index is 1290. The third kappa shape index (κ3) is 3.04. The maximum atomic E-state index is 12.9. The molecule has 2 aromatic carbocycles. The van der Waals surface area contributed by atoms with Crippen molar-refractivity contribution in [2.75, 3.05) is 31.1 Å². The molecular formula is C21H21N5O2S. The second-order valence-electron chi connectivity index (χ2n) is 7.21. The first-order valence-corrected chi connectivity index (χ1v) is 11.0. The first kappa shape index (κ1) is 18.1. The fourth-order valence-electron chi connectivity index (χ4n) is 3.88. The van der Waals surface area contributed by atoms with Crippen LogP contribution in [0.4, 0.5) is 5.82 Å². The number of fused-ring (bicyclic) bond motifs is 3. The van der Waals surface area contributed by atoms with Gasteiger partial charge in [0.25, 0.3) is 0 Å². The Morgan fingerprint density at radius 1 is 0.897 bits per heavy atom. The summed E-state index contributed by atoms with van der Waals surface area (Å²) < 4.78 is 29.2. The highest BCUT2D eigenvalue weighted by molar-refractivity contribution is 7.89. The molecule has 0 bridgehead atoms. The van der Waals surface area contributed by atoms with E-state index in [1.165, 1.54) is 0 Å². The Balaban J connectivity index is 1.47. The molecule has 3 heterocycles. The number of anilines is 1. The lowest BCUT2D eigenvalue weighted by Gasteiger charge is -2.35. The molecule has 8 heteroatoms. The standard InChI is InChI=1S/C21H21N5O2S/c1-16-15-20-22-21(18-9-5-6-10-19(18)26(20)23-16)24-11-13-25(14-12-24)29(27,28)17-7-3-2-4-8-17/h2-10,15H,11-14H2,1H3. The molecule has 0 spiro atoms. The summed E-state index contributed by atoms with van der Waals surface area (Å²) in [4.78, 5) is 7.36. The van der Waals surface area contributed by atoms with Crippen molar-refractivity contribution in [2.45, 2.75) is 11.8 Å². The van der Waals surface area contributed by atoms with Crippen molar-refractivity contribution in [1.29, 1.82) is 0 Å². The lowest BCUT2D eigenvalue weighted by molar-refractivity contribution is 0.384. The number of hydrogen-bond acceptors (Lipinski definition) is 5. The molecule has 2 aromatic heterocycles. The number of piperazine rings is 1. The van der Waals surface area contributed by atoms with E-state index in [2.05, 4.69) is 10.00 Å². The summed E-state index contributed by atoms with van der Waals surface area (Å²) in [5.74, 6) is 0.879. The molecule has 0 atom stereocenters. The van der Waals surface area contributed by atoms with Gasteiger partial charge in [-0.2, -0.15) is 9.40 Å². The minimum Gasteiger partial charge on any atom is -0.353 e. The number of para-hydroxylation sites is 1. The van der Waals surface area contributed by atoms with Crippen LogP contribution in [0.2, 0.25) is 0 Å². The van der Waals surface area contributed by atoms with Crippen molar-refractivity contribution in [1.82, 2.24) is 18.9 Å². The third-order valence-corrected chi connectivity index (χ3v) is 7.24. The molecule has 1 aliphatic heterocycles. The fraction of sp³-hybridized carbons (Fsp3) is 0.238. The Morgan fingerprint density at radius 2 is 1.59 bits per heavy atom. The van der Waals surface area contributed by atoms with Gasteiger partial charge in [0.15, 0.2) is 5.65 Å². The van der Waals surface area contributed by atoms with Gasteiger partial charge in [-0.25, -0.2) is 17.9 Å². The van der Waals surface area contributed by atoms with Crippen LogP contribution in [0.3, 0.4) is 0 Å². The molecule has 0 unspecified atom stereocenters. The van der Waals surface area contributed by atoms with E-state index in [1.54, 1.807) is 28.6 Å². The van der Waals surface area contributed by atoms with E-state index >= 15 is 0 Å². The molecule has 1 aliphatic rings. The summed E-state index contributed by atoms with van der Waals surface area (Å²) in [5, 5.41) is 5.57. The van der Waals surface area contributed by atoms with Gasteiger partial charge in [0, 0.05) is 37.6 Å². The highest BCUT2D eigenvalue weighted by Crippen LogP contribution is 2.28. The molecule has 5 rings (SSSR count). The van der Waals surface area contributed by atoms with Crippen LogP contribution in [0.15, 0.2) is 65.6 Å². The molecule has 0 amide bonds. The van der Waals surface area contributed by atoms with Gasteiger partial charge in [-0.1, -0.05) is 30.3 Å². The van der Waals surface area contributed by atoms with Crippen LogP contribution < -0.4 is 4.90 Å². The molecular weight excluding hydrogens is 386 g/mol. The zero-order chi connectivity index (χ0) is 20.0. The molecule has 1 fully saturated rings. The Kier molecular flexibility index (Phi) is 4.25. The number of sulfonamides is 1. The summed E-state index contributed by atoms with van der Waals surface area (Å²) in [6.45, 7) is 3.99. The smallest absolute Gasteiger partial charge is 0.243 e. The van der Waals surface area contributed by atoms with E-state index in [0.717, 1.165) is 28.1 Å². The van der Waals surface area contributed by atoms with E-state index < -0.39 is 10.0 Å². The summed E-state index contributed by atoms with van der Waals surface area (Å²) in [7, 11) is -3.47. The average molecular weight is 407 g/mol. The SMILES string of the molecule is Cc1cc2nc(N3CCN(S(=O)(=O)c4ccccc4)CC3)c3ccccc3n2n1. The number of aromatic nitrogens is 3. The maximum Gasteiger partial charge on any atom is 0.243 e. The minimum atomic E-state index is -3.47. The van der Waals surface area contributed by atoms with Crippen molar-refractivity contribution in [3.8, 4) is 0 Å². The van der Waals surface area contributed by atoms with Gasteiger partial charge < -0.3 is 4.90 Å². The summed E-state index contributed by atoms with van der Waals surface area (Å²) >= 11 is 0. The second-order valence-corrected chi connectivity index (χ2v) is 9.15. The zero-order valence-corrected chi connectivity index (χ0v) is 16.9. The van der Waals surface area contributed by atoms with Crippen LogP contribution >= 0.6 is 0 Å². The predicted octanol–water partition coefficient (Wildman–Crippen LogP) is 2.70. The van der Waals surface area contributed by atoms with Crippen molar-refractivity contribution in [3.63, 3.8) is 0 Å². The van der Waals surface area contributed by atoms with Crippen LogP contribution in [0, 0.1) is 6.92 Å². The van der Waals surface area contributed by atoms with Gasteiger partial charge >= 0.3 is 0 Å². The van der Waals surface area contributed by atoms with Crippen LogP contribution in [-0.4, -0.2) is 53.5 Å². The molecule has 0 saturated carbocycles. The summed E-state index contributed by atoms with van der Waals surface area (Å²) in [6, 6.07) is 18.6. The van der Waals surface area contributed by atoms with Gasteiger partial charge in [0.2, 0.25) is 10.0 Å². The van der Waals surface area contributed by atoms with Crippen LogP contribution in [0.25, 0.3) is 16.6 Å². The maximum absolute atomic E-state index is 12.9. The molecule has 148 valence electrons. The number of rotatable bonds is 3. The van der Waals surface area contributed by atoms with E-state index in [4.69, 9.17) is 4.98 Å². The van der Waals surface area contributed by atoms with E-state index in [-0.39, 0.29) is 0 Å². The topological polar surface area (TPSA) is 70.8 Å². The molecule has 29 heavy (non-hydrogen) atoms.